The molecule has 0 spiro atoms. The molecule has 17 heavy (non-hydrogen) atoms. The third kappa shape index (κ3) is 2.92. The Bertz CT molecular complexity index is 479. The minimum atomic E-state index is -3.27. The maximum atomic E-state index is 12.4. The van der Waals surface area contributed by atoms with Gasteiger partial charge in [-0.25, -0.2) is 8.42 Å². The van der Waals surface area contributed by atoms with Gasteiger partial charge in [0.1, 0.15) is 4.21 Å². The summed E-state index contributed by atoms with van der Waals surface area (Å²) in [7, 11) is -3.27. The van der Waals surface area contributed by atoms with Crippen molar-refractivity contribution in [1.82, 2.24) is 4.31 Å². The highest BCUT2D eigenvalue weighted by Gasteiger charge is 2.38. The first kappa shape index (κ1) is 13.5. The van der Waals surface area contributed by atoms with E-state index in [-0.39, 0.29) is 6.04 Å². The van der Waals surface area contributed by atoms with Crippen LogP contribution < -0.4 is 0 Å². The largest absolute Gasteiger partial charge is 0.252 e. The summed E-state index contributed by atoms with van der Waals surface area (Å²) >= 11 is 4.72. The second-order valence-corrected chi connectivity index (χ2v) is 8.19. The molecule has 0 bridgehead atoms. The fraction of sp³-hybridized carbons (Fsp3) is 0.636. The van der Waals surface area contributed by atoms with Gasteiger partial charge in [0.15, 0.2) is 0 Å². The standard InChI is InChI=1S/C11H16BrNO2S2/c1-2-10-5-6-11(16-10)17(14,15)13(8-7-12)9-3-4-9/h5-6,9H,2-4,7-8H2,1H3. The number of aryl methyl sites for hydroxylation is 1. The quantitative estimate of drug-likeness (QED) is 0.748. The molecule has 2 rings (SSSR count). The molecule has 6 heteroatoms. The molecule has 1 aromatic rings. The molecule has 0 amide bonds. The molecule has 1 heterocycles. The van der Waals surface area contributed by atoms with Crippen molar-refractivity contribution in [2.75, 3.05) is 11.9 Å². The van der Waals surface area contributed by atoms with E-state index in [0.717, 1.165) is 24.1 Å². The summed E-state index contributed by atoms with van der Waals surface area (Å²) in [5.74, 6) is 0. The lowest BCUT2D eigenvalue weighted by Gasteiger charge is -2.19. The molecular weight excluding hydrogens is 322 g/mol. The lowest BCUT2D eigenvalue weighted by Crippen LogP contribution is -2.34. The van der Waals surface area contributed by atoms with E-state index in [1.54, 1.807) is 10.4 Å². The molecule has 0 radical (unpaired) electrons. The summed E-state index contributed by atoms with van der Waals surface area (Å²) in [6.45, 7) is 2.60. The maximum absolute atomic E-state index is 12.4. The molecular formula is C11H16BrNO2S2. The number of hydrogen-bond acceptors (Lipinski definition) is 3. The molecule has 3 nitrogen and oxygen atoms in total. The average molecular weight is 338 g/mol. The normalized spacial score (nSPS) is 16.6. The van der Waals surface area contributed by atoms with Crippen molar-refractivity contribution in [3.63, 3.8) is 0 Å². The zero-order valence-electron chi connectivity index (χ0n) is 9.73. The van der Waals surface area contributed by atoms with Crippen LogP contribution in [0.5, 0.6) is 0 Å². The van der Waals surface area contributed by atoms with Crippen molar-refractivity contribution >= 4 is 37.3 Å². The summed E-state index contributed by atoms with van der Waals surface area (Å²) in [4.78, 5) is 1.12. The lowest BCUT2D eigenvalue weighted by molar-refractivity contribution is 0.425. The second kappa shape index (κ2) is 5.38. The lowest BCUT2D eigenvalue weighted by atomic mass is 10.4. The van der Waals surface area contributed by atoms with Gasteiger partial charge in [-0.3, -0.25) is 0 Å². The van der Waals surface area contributed by atoms with Crippen molar-refractivity contribution in [2.45, 2.75) is 36.4 Å². The molecule has 0 saturated heterocycles. The molecule has 1 aromatic heterocycles. The molecule has 1 aliphatic rings. The van der Waals surface area contributed by atoms with Crippen LogP contribution in [0.2, 0.25) is 0 Å². The highest BCUT2D eigenvalue weighted by Crippen LogP contribution is 2.34. The van der Waals surface area contributed by atoms with Crippen LogP contribution in [0.4, 0.5) is 0 Å². The van der Waals surface area contributed by atoms with Crippen molar-refractivity contribution in [3.05, 3.63) is 17.0 Å². The van der Waals surface area contributed by atoms with Gasteiger partial charge in [0.2, 0.25) is 0 Å². The summed E-state index contributed by atoms with van der Waals surface area (Å²) in [5, 5.41) is 0.689. The zero-order chi connectivity index (χ0) is 12.5. The van der Waals surface area contributed by atoms with Gasteiger partial charge in [0.25, 0.3) is 10.0 Å². The van der Waals surface area contributed by atoms with E-state index in [0.29, 0.717) is 16.1 Å². The number of hydrogen-bond donors (Lipinski definition) is 0. The Labute approximate surface area is 115 Å². The highest BCUT2D eigenvalue weighted by atomic mass is 79.9. The highest BCUT2D eigenvalue weighted by molar-refractivity contribution is 9.09. The van der Waals surface area contributed by atoms with E-state index in [4.69, 9.17) is 0 Å². The van der Waals surface area contributed by atoms with Crippen LogP contribution in [0.3, 0.4) is 0 Å². The molecule has 96 valence electrons. The van der Waals surface area contributed by atoms with Gasteiger partial charge in [-0.1, -0.05) is 22.9 Å². The molecule has 1 aliphatic carbocycles. The Morgan fingerprint density at radius 2 is 2.18 bits per heavy atom. The van der Waals surface area contributed by atoms with E-state index < -0.39 is 10.0 Å². The van der Waals surface area contributed by atoms with Crippen LogP contribution in [-0.2, 0) is 16.4 Å². The summed E-state index contributed by atoms with van der Waals surface area (Å²) in [5.41, 5.74) is 0. The van der Waals surface area contributed by atoms with Crippen LogP contribution in [0, 0.1) is 0 Å². The van der Waals surface area contributed by atoms with E-state index >= 15 is 0 Å². The second-order valence-electron chi connectivity index (χ2n) is 4.11. The third-order valence-corrected chi connectivity index (χ3v) is 6.81. The first-order valence-electron chi connectivity index (χ1n) is 5.76. The third-order valence-electron chi connectivity index (χ3n) is 2.81. The van der Waals surface area contributed by atoms with E-state index in [9.17, 15) is 8.42 Å². The fourth-order valence-electron chi connectivity index (χ4n) is 1.75. The molecule has 0 unspecified atom stereocenters. The topological polar surface area (TPSA) is 37.4 Å². The van der Waals surface area contributed by atoms with E-state index in [1.165, 1.54) is 11.3 Å². The number of nitrogens with zero attached hydrogens (tertiary/aromatic N) is 1. The number of sulfonamides is 1. The number of rotatable bonds is 6. The molecule has 0 aromatic carbocycles. The van der Waals surface area contributed by atoms with Crippen molar-refractivity contribution < 1.29 is 8.42 Å². The van der Waals surface area contributed by atoms with Gasteiger partial charge in [-0.2, -0.15) is 4.31 Å². The molecule has 1 fully saturated rings. The molecule has 0 atom stereocenters. The van der Waals surface area contributed by atoms with E-state index in [2.05, 4.69) is 15.9 Å². The minimum absolute atomic E-state index is 0.227. The molecule has 0 aliphatic heterocycles. The monoisotopic (exact) mass is 337 g/mol. The van der Waals surface area contributed by atoms with Crippen LogP contribution in [0.25, 0.3) is 0 Å². The first-order valence-corrected chi connectivity index (χ1v) is 9.14. The van der Waals surface area contributed by atoms with Crippen LogP contribution in [-0.4, -0.2) is 30.6 Å². The van der Waals surface area contributed by atoms with Gasteiger partial charge in [0, 0.05) is 22.8 Å². The van der Waals surface area contributed by atoms with Crippen molar-refractivity contribution in [3.8, 4) is 0 Å². The first-order chi connectivity index (χ1) is 8.09. The molecule has 0 N–H and O–H groups in total. The Morgan fingerprint density at radius 3 is 2.65 bits per heavy atom. The Hall–Kier alpha value is 0.0900. The number of thiophene rings is 1. The predicted molar refractivity (Wildman–Crippen MR) is 74.4 cm³/mol. The van der Waals surface area contributed by atoms with Gasteiger partial charge in [-0.15, -0.1) is 11.3 Å². The van der Waals surface area contributed by atoms with Crippen LogP contribution in [0.1, 0.15) is 24.6 Å². The summed E-state index contributed by atoms with van der Waals surface area (Å²) < 4.78 is 27.0. The minimum Gasteiger partial charge on any atom is -0.206 e. The van der Waals surface area contributed by atoms with Gasteiger partial charge in [0.05, 0.1) is 0 Å². The smallest absolute Gasteiger partial charge is 0.206 e. The van der Waals surface area contributed by atoms with Gasteiger partial charge >= 0.3 is 0 Å². The number of alkyl halides is 1. The molecule has 1 saturated carbocycles. The predicted octanol–water partition coefficient (Wildman–Crippen LogP) is 2.86. The van der Waals surface area contributed by atoms with Gasteiger partial charge < -0.3 is 0 Å². The maximum Gasteiger partial charge on any atom is 0.252 e. The van der Waals surface area contributed by atoms with E-state index in [1.807, 2.05) is 13.0 Å². The Balaban J connectivity index is 2.26. The Kier molecular flexibility index (Phi) is 4.28. The van der Waals surface area contributed by atoms with Crippen LogP contribution >= 0.6 is 27.3 Å². The number of halogens is 1. The zero-order valence-corrected chi connectivity index (χ0v) is 12.9. The van der Waals surface area contributed by atoms with Crippen molar-refractivity contribution in [2.24, 2.45) is 0 Å². The van der Waals surface area contributed by atoms with Gasteiger partial charge in [-0.05, 0) is 31.4 Å². The summed E-state index contributed by atoms with van der Waals surface area (Å²) in [6, 6.07) is 3.88. The average Bonchev–Trinajstić information content (AvgIpc) is 3.01. The SMILES string of the molecule is CCc1ccc(S(=O)(=O)N(CCBr)C2CC2)s1. The van der Waals surface area contributed by atoms with Crippen LogP contribution in [0.15, 0.2) is 16.3 Å². The Morgan fingerprint density at radius 1 is 1.47 bits per heavy atom. The van der Waals surface area contributed by atoms with Crippen molar-refractivity contribution in [1.29, 1.82) is 0 Å². The fourth-order valence-corrected chi connectivity index (χ4v) is 5.47. The summed E-state index contributed by atoms with van der Waals surface area (Å²) in [6.07, 6.45) is 2.89.